The third-order valence-electron chi connectivity index (χ3n) is 2.88. The van der Waals surface area contributed by atoms with E-state index < -0.39 is 0 Å². The molecular weight excluding hydrogens is 278 g/mol. The number of carbonyl (C=O) groups is 1. The second-order valence-electron chi connectivity index (χ2n) is 4.13. The minimum Gasteiger partial charge on any atom is -0.307 e. The molecule has 0 saturated heterocycles. The number of nitrogens with two attached hydrogens (primary N) is 1. The number of aromatic nitrogens is 3. The summed E-state index contributed by atoms with van der Waals surface area (Å²) in [7, 11) is 0. The Labute approximate surface area is 117 Å². The van der Waals surface area contributed by atoms with E-state index in [2.05, 4.69) is 10.5 Å². The van der Waals surface area contributed by atoms with Gasteiger partial charge in [-0.3, -0.25) is 15.0 Å². The van der Waals surface area contributed by atoms with Gasteiger partial charge in [0.2, 0.25) is 0 Å². The van der Waals surface area contributed by atoms with Crippen LogP contribution in [-0.4, -0.2) is 20.1 Å². The second kappa shape index (κ2) is 4.91. The van der Waals surface area contributed by atoms with Crippen LogP contribution in [0, 0.1) is 0 Å². The SMILES string of the molecule is NNC(=O)c1ccc(Cn2ccn3nccc3c2=O)s1. The van der Waals surface area contributed by atoms with Gasteiger partial charge in [0.25, 0.3) is 11.5 Å². The molecule has 0 aliphatic carbocycles. The van der Waals surface area contributed by atoms with Crippen molar-refractivity contribution in [3.05, 3.63) is 56.9 Å². The fraction of sp³-hybridized carbons (Fsp3) is 0.0833. The third-order valence-corrected chi connectivity index (χ3v) is 3.95. The van der Waals surface area contributed by atoms with Crippen molar-refractivity contribution >= 4 is 22.8 Å². The number of carbonyl (C=O) groups excluding carboxylic acids is 1. The van der Waals surface area contributed by atoms with E-state index in [1.165, 1.54) is 15.9 Å². The molecule has 8 heteroatoms. The van der Waals surface area contributed by atoms with Crippen molar-refractivity contribution in [2.24, 2.45) is 5.84 Å². The van der Waals surface area contributed by atoms with Gasteiger partial charge in [0, 0.05) is 17.3 Å². The van der Waals surface area contributed by atoms with E-state index in [-0.39, 0.29) is 11.5 Å². The molecule has 0 aliphatic heterocycles. The lowest BCUT2D eigenvalue weighted by molar-refractivity contribution is 0.0957. The monoisotopic (exact) mass is 289 g/mol. The number of amides is 1. The van der Waals surface area contributed by atoms with E-state index >= 15 is 0 Å². The van der Waals surface area contributed by atoms with Gasteiger partial charge in [0.1, 0.15) is 5.52 Å². The van der Waals surface area contributed by atoms with Gasteiger partial charge < -0.3 is 4.57 Å². The molecule has 0 radical (unpaired) electrons. The number of hydrogen-bond acceptors (Lipinski definition) is 5. The van der Waals surface area contributed by atoms with Crippen molar-refractivity contribution in [3.8, 4) is 0 Å². The van der Waals surface area contributed by atoms with E-state index in [9.17, 15) is 9.59 Å². The first-order valence-electron chi connectivity index (χ1n) is 5.81. The van der Waals surface area contributed by atoms with Crippen molar-refractivity contribution in [2.45, 2.75) is 6.54 Å². The first-order chi connectivity index (χ1) is 9.69. The first kappa shape index (κ1) is 12.6. The van der Waals surface area contributed by atoms with Crippen LogP contribution in [0.4, 0.5) is 0 Å². The van der Waals surface area contributed by atoms with Gasteiger partial charge in [0.05, 0.1) is 17.6 Å². The van der Waals surface area contributed by atoms with Crippen molar-refractivity contribution < 1.29 is 4.79 Å². The molecule has 3 aromatic rings. The number of hydrazine groups is 1. The Morgan fingerprint density at radius 1 is 1.35 bits per heavy atom. The summed E-state index contributed by atoms with van der Waals surface area (Å²) in [6.07, 6.45) is 4.97. The number of hydrogen-bond donors (Lipinski definition) is 2. The topological polar surface area (TPSA) is 94.4 Å². The minimum absolute atomic E-state index is 0.122. The van der Waals surface area contributed by atoms with E-state index in [4.69, 9.17) is 5.84 Å². The molecule has 20 heavy (non-hydrogen) atoms. The molecule has 0 unspecified atom stereocenters. The van der Waals surface area contributed by atoms with E-state index in [1.54, 1.807) is 35.3 Å². The molecule has 102 valence electrons. The molecule has 0 spiro atoms. The Kier molecular flexibility index (Phi) is 3.09. The van der Waals surface area contributed by atoms with Gasteiger partial charge >= 0.3 is 0 Å². The Morgan fingerprint density at radius 3 is 3.00 bits per heavy atom. The van der Waals surface area contributed by atoms with Crippen molar-refractivity contribution in [2.75, 3.05) is 0 Å². The maximum absolute atomic E-state index is 12.2. The molecule has 0 bridgehead atoms. The quantitative estimate of drug-likeness (QED) is 0.409. The summed E-state index contributed by atoms with van der Waals surface area (Å²) < 4.78 is 3.10. The summed E-state index contributed by atoms with van der Waals surface area (Å²) in [6, 6.07) is 5.16. The number of nitrogen functional groups attached to an aromatic ring is 1. The van der Waals surface area contributed by atoms with Crippen LogP contribution < -0.4 is 16.8 Å². The predicted molar refractivity (Wildman–Crippen MR) is 74.5 cm³/mol. The van der Waals surface area contributed by atoms with E-state index in [0.717, 1.165) is 4.88 Å². The average Bonchev–Trinajstić information content (AvgIpc) is 3.10. The maximum atomic E-state index is 12.2. The fourth-order valence-electron chi connectivity index (χ4n) is 1.91. The molecule has 0 fully saturated rings. The lowest BCUT2D eigenvalue weighted by atomic mass is 10.4. The van der Waals surface area contributed by atoms with Crippen LogP contribution in [0.5, 0.6) is 0 Å². The molecular formula is C12H11N5O2S. The number of nitrogens with one attached hydrogen (secondary N) is 1. The highest BCUT2D eigenvalue weighted by Gasteiger charge is 2.09. The molecule has 0 aliphatic rings. The summed E-state index contributed by atoms with van der Waals surface area (Å²) in [5.41, 5.74) is 2.48. The van der Waals surface area contributed by atoms with Gasteiger partial charge in [-0.2, -0.15) is 5.10 Å². The highest BCUT2D eigenvalue weighted by Crippen LogP contribution is 2.17. The van der Waals surface area contributed by atoms with Crippen LogP contribution in [0.1, 0.15) is 14.5 Å². The Bertz CT molecular complexity index is 832. The summed E-state index contributed by atoms with van der Waals surface area (Å²) in [6.45, 7) is 0.406. The van der Waals surface area contributed by atoms with Crippen LogP contribution in [0.3, 0.4) is 0 Å². The molecule has 3 N–H and O–H groups in total. The van der Waals surface area contributed by atoms with E-state index in [1.807, 2.05) is 6.07 Å². The summed E-state index contributed by atoms with van der Waals surface area (Å²) in [5, 5.41) is 4.01. The van der Waals surface area contributed by atoms with Gasteiger partial charge in [-0.1, -0.05) is 0 Å². The first-order valence-corrected chi connectivity index (χ1v) is 6.63. The van der Waals surface area contributed by atoms with Gasteiger partial charge in [-0.05, 0) is 18.2 Å². The van der Waals surface area contributed by atoms with Gasteiger partial charge in [0.15, 0.2) is 0 Å². The summed E-state index contributed by atoms with van der Waals surface area (Å²) >= 11 is 1.30. The smallest absolute Gasteiger partial charge is 0.276 e. The Hall–Kier alpha value is -2.45. The van der Waals surface area contributed by atoms with Gasteiger partial charge in [-0.15, -0.1) is 11.3 Å². The molecule has 7 nitrogen and oxygen atoms in total. The number of thiophene rings is 1. The number of nitrogens with zero attached hydrogens (tertiary/aromatic N) is 3. The summed E-state index contributed by atoms with van der Waals surface area (Å²) in [5.74, 6) is 4.75. The van der Waals surface area contributed by atoms with Crippen LogP contribution in [-0.2, 0) is 6.54 Å². The van der Waals surface area contributed by atoms with E-state index in [0.29, 0.717) is 16.9 Å². The lowest BCUT2D eigenvalue weighted by Crippen LogP contribution is -2.29. The molecule has 0 aromatic carbocycles. The zero-order chi connectivity index (χ0) is 14.1. The van der Waals surface area contributed by atoms with Crippen LogP contribution in [0.25, 0.3) is 5.52 Å². The predicted octanol–water partition coefficient (Wildman–Crippen LogP) is 0.209. The largest absolute Gasteiger partial charge is 0.307 e. The minimum atomic E-state index is -0.333. The highest BCUT2D eigenvalue weighted by atomic mass is 32.1. The van der Waals surface area contributed by atoms with Crippen LogP contribution in [0.2, 0.25) is 0 Å². The average molecular weight is 289 g/mol. The maximum Gasteiger partial charge on any atom is 0.276 e. The highest BCUT2D eigenvalue weighted by molar-refractivity contribution is 7.14. The Balaban J connectivity index is 1.93. The van der Waals surface area contributed by atoms with Crippen molar-refractivity contribution in [1.29, 1.82) is 0 Å². The zero-order valence-corrected chi connectivity index (χ0v) is 11.1. The fourth-order valence-corrected chi connectivity index (χ4v) is 2.82. The molecule has 1 amide bonds. The molecule has 0 atom stereocenters. The van der Waals surface area contributed by atoms with Crippen molar-refractivity contribution in [3.63, 3.8) is 0 Å². The summed E-state index contributed by atoms with van der Waals surface area (Å²) in [4.78, 5) is 25.0. The van der Waals surface area contributed by atoms with Crippen LogP contribution in [0.15, 0.2) is 41.6 Å². The van der Waals surface area contributed by atoms with Gasteiger partial charge in [-0.25, -0.2) is 10.4 Å². The number of fused-ring (bicyclic) bond motifs is 1. The number of rotatable bonds is 3. The molecule has 0 saturated carbocycles. The van der Waals surface area contributed by atoms with Crippen LogP contribution >= 0.6 is 11.3 Å². The lowest BCUT2D eigenvalue weighted by Gasteiger charge is -2.03. The standard InChI is InChI=1S/C12H11N5O2S/c13-15-11(18)10-2-1-8(20-10)7-16-5-6-17-9(12(16)19)3-4-14-17/h1-6H,7,13H2,(H,15,18). The Morgan fingerprint density at radius 2 is 2.20 bits per heavy atom. The zero-order valence-electron chi connectivity index (χ0n) is 10.3. The third kappa shape index (κ3) is 2.10. The molecule has 3 rings (SSSR count). The normalized spacial score (nSPS) is 10.8. The molecule has 3 heterocycles. The molecule has 3 aromatic heterocycles. The van der Waals surface area contributed by atoms with Crippen molar-refractivity contribution in [1.82, 2.24) is 19.6 Å². The second-order valence-corrected chi connectivity index (χ2v) is 5.30.